The average molecular weight is 290 g/mol. The molecular weight excluding hydrogens is 272 g/mol. The molecule has 1 aliphatic carbocycles. The molecule has 0 aromatic carbocycles. The molecule has 0 aliphatic heterocycles. The lowest BCUT2D eigenvalue weighted by Crippen LogP contribution is -2.27. The van der Waals surface area contributed by atoms with Gasteiger partial charge in [-0.25, -0.2) is 14.8 Å². The highest BCUT2D eigenvalue weighted by Gasteiger charge is 2.30. The van der Waals surface area contributed by atoms with Gasteiger partial charge in [0.2, 0.25) is 5.01 Å². The number of fused-ring (bicyclic) bond motifs is 2. The quantitative estimate of drug-likeness (QED) is 0.872. The number of aryl methyl sites for hydroxylation is 1. The normalized spacial score (nSPS) is 19.1. The number of carbonyl (C=O) groups is 1. The molecule has 0 spiro atoms. The summed E-state index contributed by atoms with van der Waals surface area (Å²) in [5, 5.41) is 9.15. The lowest BCUT2D eigenvalue weighted by atomic mass is 9.72. The molecule has 4 nitrogen and oxygen atoms in total. The van der Waals surface area contributed by atoms with E-state index in [9.17, 15) is 4.79 Å². The van der Waals surface area contributed by atoms with Crippen molar-refractivity contribution in [2.45, 2.75) is 40.0 Å². The molecule has 20 heavy (non-hydrogen) atoms. The van der Waals surface area contributed by atoms with E-state index in [4.69, 9.17) is 5.11 Å². The fraction of sp³-hybridized carbons (Fsp3) is 0.533. The SMILES string of the molecule is CC(C)(C)C1CCc2cc3nc(C(=O)O)sc3nc2C1. The summed E-state index contributed by atoms with van der Waals surface area (Å²) in [4.78, 5) is 20.6. The molecule has 0 saturated carbocycles. The van der Waals surface area contributed by atoms with Gasteiger partial charge in [-0.1, -0.05) is 32.1 Å². The third-order valence-corrected chi connectivity index (χ3v) is 5.12. The van der Waals surface area contributed by atoms with Crippen molar-refractivity contribution >= 4 is 27.7 Å². The molecule has 1 N–H and O–H groups in total. The van der Waals surface area contributed by atoms with Crippen LogP contribution in [0.3, 0.4) is 0 Å². The summed E-state index contributed by atoms with van der Waals surface area (Å²) in [6, 6.07) is 2.03. The van der Waals surface area contributed by atoms with E-state index in [0.29, 0.717) is 5.92 Å². The summed E-state index contributed by atoms with van der Waals surface area (Å²) in [6.45, 7) is 6.82. The van der Waals surface area contributed by atoms with Crippen molar-refractivity contribution in [3.8, 4) is 0 Å². The van der Waals surface area contributed by atoms with Crippen LogP contribution in [-0.4, -0.2) is 21.0 Å². The maximum absolute atomic E-state index is 11.0. The Hall–Kier alpha value is -1.49. The average Bonchev–Trinajstić information content (AvgIpc) is 2.77. The van der Waals surface area contributed by atoms with Crippen LogP contribution in [0.4, 0.5) is 0 Å². The first-order valence-electron chi connectivity index (χ1n) is 6.87. The molecule has 0 bridgehead atoms. The van der Waals surface area contributed by atoms with Crippen LogP contribution in [0.5, 0.6) is 0 Å². The number of carboxylic acids is 1. The molecule has 0 radical (unpaired) electrons. The van der Waals surface area contributed by atoms with E-state index < -0.39 is 5.97 Å². The molecule has 2 aromatic rings. The number of aromatic carboxylic acids is 1. The number of thiazole rings is 1. The number of hydrogen-bond donors (Lipinski definition) is 1. The predicted molar refractivity (Wildman–Crippen MR) is 79.3 cm³/mol. The zero-order valence-corrected chi connectivity index (χ0v) is 12.8. The van der Waals surface area contributed by atoms with Gasteiger partial charge in [-0.2, -0.15) is 0 Å². The van der Waals surface area contributed by atoms with Gasteiger partial charge in [-0.3, -0.25) is 0 Å². The van der Waals surface area contributed by atoms with Crippen LogP contribution in [0, 0.1) is 11.3 Å². The third kappa shape index (κ3) is 2.30. The van der Waals surface area contributed by atoms with Gasteiger partial charge >= 0.3 is 5.97 Å². The molecule has 2 aromatic heterocycles. The highest BCUT2D eigenvalue weighted by Crippen LogP contribution is 2.37. The molecule has 0 amide bonds. The fourth-order valence-electron chi connectivity index (χ4n) is 2.83. The second-order valence-corrected chi connectivity index (χ2v) is 7.53. The van der Waals surface area contributed by atoms with Crippen LogP contribution < -0.4 is 0 Å². The topological polar surface area (TPSA) is 63.1 Å². The number of hydrogen-bond acceptors (Lipinski definition) is 4. The Balaban J connectivity index is 2.02. The van der Waals surface area contributed by atoms with Crippen molar-refractivity contribution in [2.75, 3.05) is 0 Å². The van der Waals surface area contributed by atoms with Gasteiger partial charge in [0.25, 0.3) is 0 Å². The summed E-state index contributed by atoms with van der Waals surface area (Å²) >= 11 is 1.17. The fourth-order valence-corrected chi connectivity index (χ4v) is 3.61. The number of rotatable bonds is 1. The Kier molecular flexibility index (Phi) is 3.05. The maximum atomic E-state index is 11.0. The minimum absolute atomic E-state index is 0.127. The number of nitrogens with zero attached hydrogens (tertiary/aromatic N) is 2. The van der Waals surface area contributed by atoms with Crippen LogP contribution in [-0.2, 0) is 12.8 Å². The van der Waals surface area contributed by atoms with Gasteiger partial charge in [-0.15, -0.1) is 0 Å². The van der Waals surface area contributed by atoms with Gasteiger partial charge in [-0.05, 0) is 42.2 Å². The van der Waals surface area contributed by atoms with Gasteiger partial charge in [0.1, 0.15) is 10.3 Å². The number of pyridine rings is 1. The Morgan fingerprint density at radius 1 is 1.40 bits per heavy atom. The molecule has 0 saturated heterocycles. The summed E-state index contributed by atoms with van der Waals surface area (Å²) in [6.07, 6.45) is 3.16. The standard InChI is InChI=1S/C15H18N2O2S/c1-15(2,3)9-5-4-8-6-11-12(16-10(8)7-9)20-13(17-11)14(18)19/h6,9H,4-5,7H2,1-3H3,(H,18,19). The third-order valence-electron chi connectivity index (χ3n) is 4.16. The monoisotopic (exact) mass is 290 g/mol. The zero-order valence-electron chi connectivity index (χ0n) is 11.9. The molecule has 1 atom stereocenters. The number of aromatic nitrogens is 2. The summed E-state index contributed by atoms with van der Waals surface area (Å²) in [5.74, 6) is -0.342. The highest BCUT2D eigenvalue weighted by molar-refractivity contribution is 7.19. The molecule has 2 heterocycles. The van der Waals surface area contributed by atoms with E-state index in [1.165, 1.54) is 23.3 Å². The van der Waals surface area contributed by atoms with Crippen molar-refractivity contribution < 1.29 is 9.90 Å². The van der Waals surface area contributed by atoms with Gasteiger partial charge in [0.15, 0.2) is 0 Å². The van der Waals surface area contributed by atoms with Gasteiger partial charge < -0.3 is 5.11 Å². The van der Waals surface area contributed by atoms with Crippen LogP contribution in [0.25, 0.3) is 10.3 Å². The van der Waals surface area contributed by atoms with Crippen molar-refractivity contribution in [2.24, 2.45) is 11.3 Å². The Morgan fingerprint density at radius 3 is 2.80 bits per heavy atom. The lowest BCUT2D eigenvalue weighted by molar-refractivity contribution is 0.0696. The Labute approximate surface area is 121 Å². The Morgan fingerprint density at radius 2 is 2.15 bits per heavy atom. The van der Waals surface area contributed by atoms with Crippen LogP contribution >= 0.6 is 11.3 Å². The largest absolute Gasteiger partial charge is 0.476 e. The molecule has 3 rings (SSSR count). The molecule has 1 unspecified atom stereocenters. The smallest absolute Gasteiger partial charge is 0.365 e. The van der Waals surface area contributed by atoms with Crippen LogP contribution in [0.1, 0.15) is 48.3 Å². The van der Waals surface area contributed by atoms with E-state index >= 15 is 0 Å². The second-order valence-electron chi connectivity index (χ2n) is 6.55. The lowest BCUT2D eigenvalue weighted by Gasteiger charge is -2.34. The van der Waals surface area contributed by atoms with E-state index in [0.717, 1.165) is 28.9 Å². The van der Waals surface area contributed by atoms with E-state index in [1.807, 2.05) is 6.07 Å². The first-order chi connectivity index (χ1) is 9.34. The van der Waals surface area contributed by atoms with Crippen molar-refractivity contribution in [3.63, 3.8) is 0 Å². The van der Waals surface area contributed by atoms with Crippen molar-refractivity contribution in [3.05, 3.63) is 22.3 Å². The van der Waals surface area contributed by atoms with Crippen molar-refractivity contribution in [1.29, 1.82) is 0 Å². The van der Waals surface area contributed by atoms with Gasteiger partial charge in [0, 0.05) is 5.69 Å². The molecule has 0 fully saturated rings. The van der Waals surface area contributed by atoms with E-state index in [-0.39, 0.29) is 10.4 Å². The minimum atomic E-state index is -0.974. The van der Waals surface area contributed by atoms with Crippen LogP contribution in [0.2, 0.25) is 0 Å². The highest BCUT2D eigenvalue weighted by atomic mass is 32.1. The molecular formula is C15H18N2O2S. The molecule has 106 valence electrons. The maximum Gasteiger partial charge on any atom is 0.365 e. The minimum Gasteiger partial charge on any atom is -0.476 e. The zero-order chi connectivity index (χ0) is 14.5. The second kappa shape index (κ2) is 4.52. The van der Waals surface area contributed by atoms with E-state index in [1.54, 1.807) is 0 Å². The first kappa shape index (κ1) is 13.5. The first-order valence-corrected chi connectivity index (χ1v) is 7.69. The number of carboxylic acid groups (broad SMARTS) is 1. The molecule has 5 heteroatoms. The molecule has 1 aliphatic rings. The van der Waals surface area contributed by atoms with E-state index in [2.05, 4.69) is 30.7 Å². The van der Waals surface area contributed by atoms with Gasteiger partial charge in [0.05, 0.1) is 0 Å². The van der Waals surface area contributed by atoms with Crippen LogP contribution in [0.15, 0.2) is 6.07 Å². The predicted octanol–water partition coefficient (Wildman–Crippen LogP) is 3.54. The van der Waals surface area contributed by atoms with Crippen molar-refractivity contribution in [1.82, 2.24) is 9.97 Å². The summed E-state index contributed by atoms with van der Waals surface area (Å²) in [5.41, 5.74) is 3.37. The Bertz CT molecular complexity index is 685. The summed E-state index contributed by atoms with van der Waals surface area (Å²) in [7, 11) is 0. The summed E-state index contributed by atoms with van der Waals surface area (Å²) < 4.78 is 0.